The number of carbonyl (C=O) groups is 1. The zero-order valence-corrected chi connectivity index (χ0v) is 12.7. The summed E-state index contributed by atoms with van der Waals surface area (Å²) in [5.74, 6) is 2.03. The van der Waals surface area contributed by atoms with Crippen LogP contribution in [0.1, 0.15) is 18.7 Å². The summed E-state index contributed by atoms with van der Waals surface area (Å²) in [5.41, 5.74) is 0. The Balaban J connectivity index is 1.51. The number of likely N-dealkylation sites (tertiary alicyclic amines) is 1. The van der Waals surface area contributed by atoms with Gasteiger partial charge < -0.3 is 9.80 Å². The number of nitrogens with zero attached hydrogens (tertiary/aromatic N) is 5. The molecule has 1 aromatic heterocycles. The molecule has 21 heavy (non-hydrogen) atoms. The van der Waals surface area contributed by atoms with Crippen molar-refractivity contribution < 1.29 is 4.79 Å². The van der Waals surface area contributed by atoms with Gasteiger partial charge in [0.05, 0.1) is 6.54 Å². The molecule has 0 N–H and O–H groups in total. The van der Waals surface area contributed by atoms with E-state index in [1.807, 2.05) is 17.9 Å². The van der Waals surface area contributed by atoms with Crippen LogP contribution >= 0.6 is 0 Å². The van der Waals surface area contributed by atoms with Gasteiger partial charge in [0.25, 0.3) is 0 Å². The Kier molecular flexibility index (Phi) is 4.34. The lowest BCUT2D eigenvalue weighted by Gasteiger charge is -2.36. The molecule has 0 atom stereocenters. The highest BCUT2D eigenvalue weighted by atomic mass is 16.2. The van der Waals surface area contributed by atoms with Crippen LogP contribution in [0, 0.1) is 6.92 Å². The van der Waals surface area contributed by atoms with Gasteiger partial charge in [0.2, 0.25) is 5.91 Å². The lowest BCUT2D eigenvalue weighted by molar-refractivity contribution is -0.132. The van der Waals surface area contributed by atoms with Crippen molar-refractivity contribution in [1.29, 1.82) is 0 Å². The molecule has 1 aromatic rings. The highest BCUT2D eigenvalue weighted by molar-refractivity contribution is 5.78. The van der Waals surface area contributed by atoms with E-state index in [1.54, 1.807) is 6.20 Å². The van der Waals surface area contributed by atoms with Gasteiger partial charge in [-0.05, 0) is 38.9 Å². The first-order valence-electron chi connectivity index (χ1n) is 7.77. The summed E-state index contributed by atoms with van der Waals surface area (Å²) in [4.78, 5) is 27.4. The highest BCUT2D eigenvalue weighted by Gasteiger charge is 2.24. The number of aryl methyl sites for hydroxylation is 1. The summed E-state index contributed by atoms with van der Waals surface area (Å²) >= 11 is 0. The van der Waals surface area contributed by atoms with Crippen molar-refractivity contribution in [3.8, 4) is 0 Å². The van der Waals surface area contributed by atoms with Crippen LogP contribution in [0.15, 0.2) is 12.3 Å². The SMILES string of the molecule is Cc1nccc(N2CCN(C(=O)CN3CCCC3)CC2)n1. The minimum absolute atomic E-state index is 0.274. The van der Waals surface area contributed by atoms with Crippen LogP contribution < -0.4 is 4.90 Å². The van der Waals surface area contributed by atoms with Gasteiger partial charge in [-0.3, -0.25) is 9.69 Å². The number of amides is 1. The molecular formula is C15H23N5O. The predicted molar refractivity (Wildman–Crippen MR) is 81.2 cm³/mol. The zero-order valence-electron chi connectivity index (χ0n) is 12.7. The molecule has 0 spiro atoms. The van der Waals surface area contributed by atoms with E-state index in [9.17, 15) is 4.79 Å². The van der Waals surface area contributed by atoms with Crippen molar-refractivity contribution >= 4 is 11.7 Å². The van der Waals surface area contributed by atoms with E-state index in [-0.39, 0.29) is 5.91 Å². The number of rotatable bonds is 3. The Morgan fingerprint density at radius 2 is 1.86 bits per heavy atom. The summed E-state index contributed by atoms with van der Waals surface area (Å²) in [7, 11) is 0. The topological polar surface area (TPSA) is 52.6 Å². The van der Waals surface area contributed by atoms with E-state index >= 15 is 0 Å². The average molecular weight is 289 g/mol. The van der Waals surface area contributed by atoms with E-state index in [4.69, 9.17) is 0 Å². The molecule has 0 saturated carbocycles. The van der Waals surface area contributed by atoms with Crippen molar-refractivity contribution in [3.05, 3.63) is 18.1 Å². The molecule has 2 aliphatic rings. The normalized spacial score (nSPS) is 20.0. The Morgan fingerprint density at radius 3 is 2.52 bits per heavy atom. The molecule has 6 nitrogen and oxygen atoms in total. The molecule has 3 heterocycles. The van der Waals surface area contributed by atoms with Gasteiger partial charge in [0, 0.05) is 32.4 Å². The lowest BCUT2D eigenvalue weighted by Crippen LogP contribution is -2.51. The molecule has 3 rings (SSSR count). The standard InChI is InChI=1S/C15H23N5O/c1-13-16-5-4-14(17-13)19-8-10-20(11-9-19)15(21)12-18-6-2-3-7-18/h4-5H,2-3,6-12H2,1H3. The maximum absolute atomic E-state index is 12.3. The Hall–Kier alpha value is -1.69. The molecule has 0 aromatic carbocycles. The molecule has 2 aliphatic heterocycles. The first-order chi connectivity index (χ1) is 10.2. The third-order valence-electron chi connectivity index (χ3n) is 4.28. The molecule has 0 unspecified atom stereocenters. The largest absolute Gasteiger partial charge is 0.353 e. The van der Waals surface area contributed by atoms with E-state index in [0.717, 1.165) is 50.9 Å². The summed E-state index contributed by atoms with van der Waals surface area (Å²) in [6.07, 6.45) is 4.25. The van der Waals surface area contributed by atoms with Gasteiger partial charge in [0.1, 0.15) is 11.6 Å². The van der Waals surface area contributed by atoms with E-state index in [2.05, 4.69) is 19.8 Å². The molecule has 6 heteroatoms. The van der Waals surface area contributed by atoms with E-state index < -0.39 is 0 Å². The maximum atomic E-state index is 12.3. The van der Waals surface area contributed by atoms with Crippen LogP contribution in [0.2, 0.25) is 0 Å². The Morgan fingerprint density at radius 1 is 1.14 bits per heavy atom. The third kappa shape index (κ3) is 3.50. The van der Waals surface area contributed by atoms with Crippen molar-refractivity contribution in [3.63, 3.8) is 0 Å². The van der Waals surface area contributed by atoms with E-state index in [0.29, 0.717) is 6.54 Å². The fourth-order valence-corrected chi connectivity index (χ4v) is 3.04. The average Bonchev–Trinajstić information content (AvgIpc) is 3.00. The van der Waals surface area contributed by atoms with Gasteiger partial charge in [-0.2, -0.15) is 0 Å². The predicted octanol–water partition coefficient (Wildman–Crippen LogP) is 0.529. The first kappa shape index (κ1) is 14.3. The number of hydrogen-bond donors (Lipinski definition) is 0. The second kappa shape index (κ2) is 6.39. The van der Waals surface area contributed by atoms with Gasteiger partial charge in [-0.15, -0.1) is 0 Å². The lowest BCUT2D eigenvalue weighted by atomic mass is 10.3. The Bertz CT molecular complexity index is 493. The van der Waals surface area contributed by atoms with Crippen LogP contribution in [0.4, 0.5) is 5.82 Å². The number of aromatic nitrogens is 2. The van der Waals surface area contributed by atoms with Gasteiger partial charge in [-0.25, -0.2) is 9.97 Å². The second-order valence-corrected chi connectivity index (χ2v) is 5.81. The Labute approximate surface area is 125 Å². The molecule has 1 amide bonds. The number of piperazine rings is 1. The fraction of sp³-hybridized carbons (Fsp3) is 0.667. The summed E-state index contributed by atoms with van der Waals surface area (Å²) in [6, 6.07) is 1.94. The molecule has 0 radical (unpaired) electrons. The third-order valence-corrected chi connectivity index (χ3v) is 4.28. The number of carbonyl (C=O) groups excluding carboxylic acids is 1. The summed E-state index contributed by atoms with van der Waals surface area (Å²) in [5, 5.41) is 0. The van der Waals surface area contributed by atoms with Gasteiger partial charge in [0.15, 0.2) is 0 Å². The molecule has 2 fully saturated rings. The van der Waals surface area contributed by atoms with Crippen LogP contribution in [0.25, 0.3) is 0 Å². The first-order valence-corrected chi connectivity index (χ1v) is 7.77. The van der Waals surface area contributed by atoms with Gasteiger partial charge >= 0.3 is 0 Å². The molecule has 2 saturated heterocycles. The quantitative estimate of drug-likeness (QED) is 0.812. The van der Waals surface area contributed by atoms with Crippen molar-refractivity contribution in [2.24, 2.45) is 0 Å². The van der Waals surface area contributed by atoms with Crippen LogP contribution in [-0.4, -0.2) is 71.5 Å². The molecular weight excluding hydrogens is 266 g/mol. The number of hydrogen-bond acceptors (Lipinski definition) is 5. The minimum Gasteiger partial charge on any atom is -0.353 e. The van der Waals surface area contributed by atoms with Crippen LogP contribution in [0.3, 0.4) is 0 Å². The van der Waals surface area contributed by atoms with Crippen molar-refractivity contribution in [2.75, 3.05) is 50.7 Å². The van der Waals surface area contributed by atoms with Gasteiger partial charge in [-0.1, -0.05) is 0 Å². The van der Waals surface area contributed by atoms with Crippen molar-refractivity contribution in [2.45, 2.75) is 19.8 Å². The maximum Gasteiger partial charge on any atom is 0.236 e. The molecule has 0 aliphatic carbocycles. The smallest absolute Gasteiger partial charge is 0.236 e. The minimum atomic E-state index is 0.274. The molecule has 114 valence electrons. The zero-order chi connectivity index (χ0) is 14.7. The van der Waals surface area contributed by atoms with Crippen LogP contribution in [-0.2, 0) is 4.79 Å². The fourth-order valence-electron chi connectivity index (χ4n) is 3.04. The van der Waals surface area contributed by atoms with Crippen LogP contribution in [0.5, 0.6) is 0 Å². The highest BCUT2D eigenvalue weighted by Crippen LogP contribution is 2.14. The van der Waals surface area contributed by atoms with Crippen molar-refractivity contribution in [1.82, 2.24) is 19.8 Å². The monoisotopic (exact) mass is 289 g/mol. The number of anilines is 1. The summed E-state index contributed by atoms with van der Waals surface area (Å²) in [6.45, 7) is 7.92. The summed E-state index contributed by atoms with van der Waals surface area (Å²) < 4.78 is 0. The van der Waals surface area contributed by atoms with E-state index in [1.165, 1.54) is 12.8 Å². The molecule has 0 bridgehead atoms. The second-order valence-electron chi connectivity index (χ2n) is 5.81.